The Bertz CT molecular complexity index is 656. The molecule has 5 heteroatoms. The molecule has 104 valence electrons. The molecule has 0 unspecified atom stereocenters. The van der Waals surface area contributed by atoms with Crippen LogP contribution in [0.3, 0.4) is 0 Å². The van der Waals surface area contributed by atoms with E-state index >= 15 is 0 Å². The number of carbonyl (C=O) groups is 1. The average molecular weight is 313 g/mol. The summed E-state index contributed by atoms with van der Waals surface area (Å²) in [6.07, 6.45) is 0.0131. The highest BCUT2D eigenvalue weighted by Crippen LogP contribution is 2.23. The minimum atomic E-state index is -0.612. The molecule has 0 spiro atoms. The lowest BCUT2D eigenvalue weighted by Gasteiger charge is -2.07. The van der Waals surface area contributed by atoms with Crippen LogP contribution < -0.4 is 4.74 Å². The highest BCUT2D eigenvalue weighted by molar-refractivity contribution is 6.35. The van der Waals surface area contributed by atoms with E-state index in [1.807, 2.05) is 0 Å². The van der Waals surface area contributed by atoms with Gasteiger partial charge in [-0.05, 0) is 29.8 Å². The Hall–Kier alpha value is -1.58. The summed E-state index contributed by atoms with van der Waals surface area (Å²) in [6.45, 7) is 0. The van der Waals surface area contributed by atoms with Gasteiger partial charge in [0.15, 0.2) is 5.78 Å². The topological polar surface area (TPSA) is 26.3 Å². The Labute approximate surface area is 126 Å². The lowest BCUT2D eigenvalue weighted by atomic mass is 10.0. The standard InChI is InChI=1S/C15H11Cl2FO2/c1-20-11-4-5-12(14(18)8-11)15(19)6-9-2-3-10(16)7-13(9)17/h2-5,7-8H,6H2,1H3. The largest absolute Gasteiger partial charge is 0.497 e. The third-order valence-electron chi connectivity index (χ3n) is 2.84. The van der Waals surface area contributed by atoms with E-state index in [1.54, 1.807) is 24.3 Å². The number of ether oxygens (including phenoxy) is 1. The van der Waals surface area contributed by atoms with Crippen molar-refractivity contribution in [1.82, 2.24) is 0 Å². The van der Waals surface area contributed by atoms with Crippen LogP contribution in [0.25, 0.3) is 0 Å². The first-order valence-electron chi connectivity index (χ1n) is 5.82. The number of ketones is 1. The van der Waals surface area contributed by atoms with E-state index in [1.165, 1.54) is 19.2 Å². The number of Topliss-reactive ketones (excluding diaryl/α,β-unsaturated/α-hetero) is 1. The van der Waals surface area contributed by atoms with Crippen LogP contribution in [0, 0.1) is 5.82 Å². The molecule has 2 nitrogen and oxygen atoms in total. The molecule has 0 atom stereocenters. The SMILES string of the molecule is COc1ccc(C(=O)Cc2ccc(Cl)cc2Cl)c(F)c1. The molecular formula is C15H11Cl2FO2. The second kappa shape index (κ2) is 6.25. The van der Waals surface area contributed by atoms with Crippen LogP contribution in [0.15, 0.2) is 36.4 Å². The molecule has 2 rings (SSSR count). The summed E-state index contributed by atoms with van der Waals surface area (Å²) in [5.41, 5.74) is 0.619. The summed E-state index contributed by atoms with van der Waals surface area (Å²) in [6, 6.07) is 8.97. The van der Waals surface area contributed by atoms with Crippen LogP contribution in [0.2, 0.25) is 10.0 Å². The van der Waals surface area contributed by atoms with Gasteiger partial charge >= 0.3 is 0 Å². The molecule has 0 heterocycles. The Morgan fingerprint density at radius 2 is 1.95 bits per heavy atom. The van der Waals surface area contributed by atoms with Gasteiger partial charge in [0, 0.05) is 22.5 Å². The molecule has 0 radical (unpaired) electrons. The monoisotopic (exact) mass is 312 g/mol. The Morgan fingerprint density at radius 3 is 2.55 bits per heavy atom. The van der Waals surface area contributed by atoms with Crippen LogP contribution in [-0.4, -0.2) is 12.9 Å². The molecule has 2 aromatic rings. The molecule has 0 fully saturated rings. The Morgan fingerprint density at radius 1 is 1.20 bits per heavy atom. The normalized spacial score (nSPS) is 10.4. The predicted octanol–water partition coefficient (Wildman–Crippen LogP) is 4.57. The minimum absolute atomic E-state index is 0.0109. The van der Waals surface area contributed by atoms with Gasteiger partial charge in [0.2, 0.25) is 0 Å². The third kappa shape index (κ3) is 3.30. The number of rotatable bonds is 4. The van der Waals surface area contributed by atoms with Crippen molar-refractivity contribution in [1.29, 1.82) is 0 Å². The minimum Gasteiger partial charge on any atom is -0.497 e. The molecule has 2 aromatic carbocycles. The molecular weight excluding hydrogens is 302 g/mol. The van der Waals surface area contributed by atoms with Crippen LogP contribution in [0.1, 0.15) is 15.9 Å². The van der Waals surface area contributed by atoms with Crippen LogP contribution in [0.4, 0.5) is 4.39 Å². The van der Waals surface area contributed by atoms with Gasteiger partial charge in [-0.25, -0.2) is 4.39 Å². The van der Waals surface area contributed by atoms with Gasteiger partial charge in [0.25, 0.3) is 0 Å². The number of carbonyl (C=O) groups excluding carboxylic acids is 1. The van der Waals surface area contributed by atoms with Gasteiger partial charge in [0.1, 0.15) is 11.6 Å². The number of hydrogen-bond donors (Lipinski definition) is 0. The summed E-state index contributed by atoms with van der Waals surface area (Å²) >= 11 is 11.8. The van der Waals surface area contributed by atoms with Crippen molar-refractivity contribution in [3.8, 4) is 5.75 Å². The first-order chi connectivity index (χ1) is 9.51. The molecule has 20 heavy (non-hydrogen) atoms. The molecule has 0 saturated heterocycles. The van der Waals surface area contributed by atoms with E-state index in [0.717, 1.165) is 0 Å². The van der Waals surface area contributed by atoms with Gasteiger partial charge in [-0.15, -0.1) is 0 Å². The Balaban J connectivity index is 2.24. The molecule has 0 aromatic heterocycles. The molecule has 0 aliphatic heterocycles. The molecule has 0 amide bonds. The number of hydrogen-bond acceptors (Lipinski definition) is 2. The zero-order valence-corrected chi connectivity index (χ0v) is 12.1. The number of halogens is 3. The van der Waals surface area contributed by atoms with Crippen molar-refractivity contribution < 1.29 is 13.9 Å². The summed E-state index contributed by atoms with van der Waals surface area (Å²) in [5, 5.41) is 0.876. The lowest BCUT2D eigenvalue weighted by molar-refractivity contribution is 0.0989. The summed E-state index contributed by atoms with van der Waals surface area (Å²) in [7, 11) is 1.43. The van der Waals surface area contributed by atoms with E-state index in [0.29, 0.717) is 21.4 Å². The molecule has 0 aliphatic carbocycles. The van der Waals surface area contributed by atoms with E-state index in [-0.39, 0.29) is 17.8 Å². The molecule has 0 saturated carbocycles. The fourth-order valence-electron chi connectivity index (χ4n) is 1.78. The van der Waals surface area contributed by atoms with Gasteiger partial charge < -0.3 is 4.74 Å². The van der Waals surface area contributed by atoms with Crippen molar-refractivity contribution in [2.45, 2.75) is 6.42 Å². The molecule has 0 aliphatic rings. The molecule has 0 bridgehead atoms. The molecule has 0 N–H and O–H groups in total. The second-order valence-corrected chi connectivity index (χ2v) is 5.03. The second-order valence-electron chi connectivity index (χ2n) is 4.18. The quantitative estimate of drug-likeness (QED) is 0.773. The van der Waals surface area contributed by atoms with E-state index < -0.39 is 5.82 Å². The fraction of sp³-hybridized carbons (Fsp3) is 0.133. The van der Waals surface area contributed by atoms with Crippen LogP contribution in [0.5, 0.6) is 5.75 Å². The average Bonchev–Trinajstić information content (AvgIpc) is 2.41. The Kier molecular flexibility index (Phi) is 4.63. The van der Waals surface area contributed by atoms with Gasteiger partial charge in [-0.1, -0.05) is 29.3 Å². The maximum Gasteiger partial charge on any atom is 0.170 e. The van der Waals surface area contributed by atoms with Gasteiger partial charge in [0.05, 0.1) is 12.7 Å². The third-order valence-corrected chi connectivity index (χ3v) is 3.43. The smallest absolute Gasteiger partial charge is 0.170 e. The van der Waals surface area contributed by atoms with Crippen molar-refractivity contribution >= 4 is 29.0 Å². The predicted molar refractivity (Wildman–Crippen MR) is 77.4 cm³/mol. The zero-order valence-electron chi connectivity index (χ0n) is 10.6. The van der Waals surface area contributed by atoms with Gasteiger partial charge in [-0.2, -0.15) is 0 Å². The van der Waals surface area contributed by atoms with Gasteiger partial charge in [-0.3, -0.25) is 4.79 Å². The lowest BCUT2D eigenvalue weighted by Crippen LogP contribution is -2.06. The van der Waals surface area contributed by atoms with Crippen molar-refractivity contribution in [3.05, 3.63) is 63.4 Å². The van der Waals surface area contributed by atoms with E-state index in [4.69, 9.17) is 27.9 Å². The first-order valence-corrected chi connectivity index (χ1v) is 6.57. The van der Waals surface area contributed by atoms with E-state index in [2.05, 4.69) is 0 Å². The number of methoxy groups -OCH3 is 1. The maximum absolute atomic E-state index is 13.8. The highest BCUT2D eigenvalue weighted by atomic mass is 35.5. The summed E-state index contributed by atoms with van der Waals surface area (Å²) < 4.78 is 18.7. The summed E-state index contributed by atoms with van der Waals surface area (Å²) in [4.78, 5) is 12.1. The van der Waals surface area contributed by atoms with E-state index in [9.17, 15) is 9.18 Å². The maximum atomic E-state index is 13.8. The highest BCUT2D eigenvalue weighted by Gasteiger charge is 2.14. The van der Waals surface area contributed by atoms with Crippen molar-refractivity contribution in [2.24, 2.45) is 0 Å². The zero-order chi connectivity index (χ0) is 14.7. The van der Waals surface area contributed by atoms with Crippen molar-refractivity contribution in [3.63, 3.8) is 0 Å². The number of benzene rings is 2. The fourth-order valence-corrected chi connectivity index (χ4v) is 2.26. The van der Waals surface area contributed by atoms with Crippen molar-refractivity contribution in [2.75, 3.05) is 7.11 Å². The summed E-state index contributed by atoms with van der Waals surface area (Å²) in [5.74, 6) is -0.600. The van der Waals surface area contributed by atoms with Crippen LogP contribution in [-0.2, 0) is 6.42 Å². The first kappa shape index (κ1) is 14.8. The van der Waals surface area contributed by atoms with Crippen LogP contribution >= 0.6 is 23.2 Å².